The molecule has 4 rings (SSSR count). The average Bonchev–Trinajstić information content (AvgIpc) is 3.37. The molecule has 1 atom stereocenters. The summed E-state index contributed by atoms with van der Waals surface area (Å²) in [6.07, 6.45) is -1.36. The van der Waals surface area contributed by atoms with Crippen molar-refractivity contribution in [3.05, 3.63) is 64.1 Å². The van der Waals surface area contributed by atoms with Crippen LogP contribution < -0.4 is 0 Å². The van der Waals surface area contributed by atoms with Crippen molar-refractivity contribution in [3.63, 3.8) is 0 Å². The van der Waals surface area contributed by atoms with Crippen LogP contribution in [0.5, 0.6) is 0 Å². The summed E-state index contributed by atoms with van der Waals surface area (Å²) in [7, 11) is -2.94. The maximum Gasteiger partial charge on any atom is 0.420 e. The molecule has 0 saturated carbocycles. The van der Waals surface area contributed by atoms with E-state index in [2.05, 4.69) is 10.2 Å². The van der Waals surface area contributed by atoms with Crippen molar-refractivity contribution >= 4 is 9.84 Å². The topological polar surface area (TPSA) is 90.0 Å². The van der Waals surface area contributed by atoms with E-state index < -0.39 is 32.4 Å². The van der Waals surface area contributed by atoms with Gasteiger partial charge in [-0.25, -0.2) is 8.42 Å². The molecule has 1 aliphatic rings. The summed E-state index contributed by atoms with van der Waals surface area (Å²) in [5, 5.41) is 16.4. The molecule has 1 aromatic carbocycles. The van der Waals surface area contributed by atoms with Gasteiger partial charge in [-0.3, -0.25) is 9.36 Å². The zero-order valence-electron chi connectivity index (χ0n) is 17.6. The molecule has 0 saturated heterocycles. The lowest BCUT2D eigenvalue weighted by molar-refractivity contribution is -0.139. The Morgan fingerprint density at radius 2 is 1.88 bits per heavy atom. The number of alkyl halides is 3. The van der Waals surface area contributed by atoms with Gasteiger partial charge in [0.1, 0.15) is 5.56 Å². The van der Waals surface area contributed by atoms with E-state index in [0.717, 1.165) is 32.6 Å². The SMILES string of the molecule is Cc1nn(Cc2ccc3c(c2)C[C@@H](CS(=O)(=O)c2nn(C)cc2C(F)(F)F)C3)cc1CO. The molecule has 0 amide bonds. The van der Waals surface area contributed by atoms with Gasteiger partial charge < -0.3 is 5.11 Å². The number of halogens is 3. The van der Waals surface area contributed by atoms with E-state index in [1.54, 1.807) is 10.9 Å². The summed E-state index contributed by atoms with van der Waals surface area (Å²) < 4.78 is 67.9. The van der Waals surface area contributed by atoms with Crippen molar-refractivity contribution in [2.24, 2.45) is 13.0 Å². The number of benzene rings is 1. The minimum Gasteiger partial charge on any atom is -0.392 e. The number of hydrogen-bond acceptors (Lipinski definition) is 5. The maximum absolute atomic E-state index is 13.3. The first-order chi connectivity index (χ1) is 15.0. The Balaban J connectivity index is 1.50. The minimum atomic E-state index is -4.79. The van der Waals surface area contributed by atoms with Crippen LogP contribution in [0.1, 0.15) is 33.5 Å². The Hall–Kier alpha value is -2.66. The van der Waals surface area contributed by atoms with Crippen molar-refractivity contribution in [2.75, 3.05) is 5.75 Å². The summed E-state index contributed by atoms with van der Waals surface area (Å²) in [4.78, 5) is 0. The molecule has 0 spiro atoms. The largest absolute Gasteiger partial charge is 0.420 e. The van der Waals surface area contributed by atoms with Crippen LogP contribution in [0.2, 0.25) is 0 Å². The van der Waals surface area contributed by atoms with E-state index in [4.69, 9.17) is 0 Å². The Morgan fingerprint density at radius 3 is 2.53 bits per heavy atom. The zero-order chi connectivity index (χ0) is 23.3. The summed E-state index contributed by atoms with van der Waals surface area (Å²) in [5.41, 5.74) is 3.25. The monoisotopic (exact) mass is 468 g/mol. The molecule has 172 valence electrons. The predicted octanol–water partition coefficient (Wildman–Crippen LogP) is 2.67. The molecule has 0 unspecified atom stereocenters. The molecular weight excluding hydrogens is 445 g/mol. The van der Waals surface area contributed by atoms with Gasteiger partial charge in [-0.2, -0.15) is 23.4 Å². The highest BCUT2D eigenvalue weighted by Crippen LogP contribution is 2.36. The normalized spacial score (nSPS) is 16.5. The number of aryl methyl sites for hydroxylation is 2. The van der Waals surface area contributed by atoms with Crippen LogP contribution in [-0.2, 0) is 49.1 Å². The quantitative estimate of drug-likeness (QED) is 0.601. The molecule has 0 bridgehead atoms. The number of sulfone groups is 1. The number of fused-ring (bicyclic) bond motifs is 1. The van der Waals surface area contributed by atoms with E-state index >= 15 is 0 Å². The number of hydrogen-bond donors (Lipinski definition) is 1. The lowest BCUT2D eigenvalue weighted by Crippen LogP contribution is -2.20. The van der Waals surface area contributed by atoms with E-state index in [9.17, 15) is 26.7 Å². The highest BCUT2D eigenvalue weighted by molar-refractivity contribution is 7.91. The standard InChI is InChI=1S/C21H23F3N4O3S/c1-13-18(11-29)9-28(25-13)8-14-3-4-16-6-15(7-17(16)5-14)12-32(30,31)20-19(21(22,23)24)10-27(2)26-20/h3-5,9-10,15,29H,6-8,11-12H2,1-2H3/t15-/m0/s1. The summed E-state index contributed by atoms with van der Waals surface area (Å²) in [6, 6.07) is 5.86. The van der Waals surface area contributed by atoms with Crippen molar-refractivity contribution in [1.82, 2.24) is 19.6 Å². The number of aliphatic hydroxyl groups excluding tert-OH is 1. The lowest BCUT2D eigenvalue weighted by atomic mass is 10.1. The zero-order valence-corrected chi connectivity index (χ0v) is 18.4. The third kappa shape index (κ3) is 4.44. The summed E-state index contributed by atoms with van der Waals surface area (Å²) in [6.45, 7) is 2.24. The molecule has 0 radical (unpaired) electrons. The molecule has 11 heteroatoms. The van der Waals surface area contributed by atoms with E-state index in [1.165, 1.54) is 7.05 Å². The molecule has 2 aromatic heterocycles. The molecule has 3 aromatic rings. The fourth-order valence-electron chi connectivity index (χ4n) is 4.24. The molecule has 0 fully saturated rings. The second-order valence-electron chi connectivity index (χ2n) is 8.27. The second-order valence-corrected chi connectivity index (χ2v) is 10.2. The van der Waals surface area contributed by atoms with Crippen LogP contribution in [0, 0.1) is 12.8 Å². The van der Waals surface area contributed by atoms with Crippen LogP contribution >= 0.6 is 0 Å². The van der Waals surface area contributed by atoms with Gasteiger partial charge in [0.05, 0.1) is 24.6 Å². The van der Waals surface area contributed by atoms with E-state index in [-0.39, 0.29) is 12.5 Å². The maximum atomic E-state index is 13.3. The van der Waals surface area contributed by atoms with Gasteiger partial charge in [0.2, 0.25) is 0 Å². The van der Waals surface area contributed by atoms with Crippen LogP contribution in [0.3, 0.4) is 0 Å². The van der Waals surface area contributed by atoms with Crippen molar-refractivity contribution in [1.29, 1.82) is 0 Å². The third-order valence-electron chi connectivity index (χ3n) is 5.70. The molecule has 1 N–H and O–H groups in total. The van der Waals surface area contributed by atoms with Gasteiger partial charge in [0.15, 0.2) is 14.9 Å². The average molecular weight is 469 g/mol. The number of nitrogens with zero attached hydrogens (tertiary/aromatic N) is 4. The smallest absolute Gasteiger partial charge is 0.392 e. The molecule has 7 nitrogen and oxygen atoms in total. The fraction of sp³-hybridized carbons (Fsp3) is 0.429. The highest BCUT2D eigenvalue weighted by Gasteiger charge is 2.41. The van der Waals surface area contributed by atoms with Gasteiger partial charge in [0, 0.05) is 25.0 Å². The molecular formula is C21H23F3N4O3S. The van der Waals surface area contributed by atoms with Gasteiger partial charge in [-0.15, -0.1) is 0 Å². The van der Waals surface area contributed by atoms with Crippen LogP contribution in [-0.4, -0.2) is 38.8 Å². The second kappa shape index (κ2) is 8.04. The molecule has 32 heavy (non-hydrogen) atoms. The number of aliphatic hydroxyl groups is 1. The van der Waals surface area contributed by atoms with Crippen molar-refractivity contribution in [3.8, 4) is 0 Å². The first kappa shape index (κ1) is 22.5. The van der Waals surface area contributed by atoms with E-state index in [0.29, 0.717) is 25.6 Å². The van der Waals surface area contributed by atoms with Gasteiger partial charge in [0.25, 0.3) is 0 Å². The predicted molar refractivity (Wildman–Crippen MR) is 110 cm³/mol. The van der Waals surface area contributed by atoms with Crippen LogP contribution in [0.15, 0.2) is 35.6 Å². The Bertz CT molecular complexity index is 1260. The highest BCUT2D eigenvalue weighted by atomic mass is 32.2. The fourth-order valence-corrected chi connectivity index (χ4v) is 6.01. The summed E-state index contributed by atoms with van der Waals surface area (Å²) in [5.74, 6) is -0.712. The van der Waals surface area contributed by atoms with Crippen molar-refractivity contribution in [2.45, 2.75) is 44.1 Å². The Morgan fingerprint density at radius 1 is 1.16 bits per heavy atom. The van der Waals surface area contributed by atoms with Gasteiger partial charge in [-0.1, -0.05) is 18.2 Å². The van der Waals surface area contributed by atoms with E-state index in [1.807, 2.05) is 25.1 Å². The molecule has 0 aliphatic heterocycles. The molecule has 1 aliphatic carbocycles. The van der Waals surface area contributed by atoms with Crippen molar-refractivity contribution < 1.29 is 26.7 Å². The van der Waals surface area contributed by atoms with Gasteiger partial charge >= 0.3 is 6.18 Å². The van der Waals surface area contributed by atoms with Crippen LogP contribution in [0.4, 0.5) is 13.2 Å². The molecule has 2 heterocycles. The lowest BCUT2D eigenvalue weighted by Gasteiger charge is -2.11. The Kier molecular flexibility index (Phi) is 5.66. The number of rotatable bonds is 6. The van der Waals surface area contributed by atoms with Crippen LogP contribution in [0.25, 0.3) is 0 Å². The van der Waals surface area contributed by atoms with Gasteiger partial charge in [-0.05, 0) is 42.4 Å². The first-order valence-electron chi connectivity index (χ1n) is 10.0. The summed E-state index contributed by atoms with van der Waals surface area (Å²) >= 11 is 0. The first-order valence-corrected chi connectivity index (χ1v) is 11.7. The third-order valence-corrected chi connectivity index (χ3v) is 7.50. The number of aromatic nitrogens is 4. The Labute approximate surface area is 183 Å². The minimum absolute atomic E-state index is 0.0848.